The van der Waals surface area contributed by atoms with Gasteiger partial charge >= 0.3 is 5.97 Å². The van der Waals surface area contributed by atoms with E-state index in [1.807, 2.05) is 0 Å². The van der Waals surface area contributed by atoms with Crippen LogP contribution in [0.5, 0.6) is 0 Å². The van der Waals surface area contributed by atoms with Crippen LogP contribution >= 0.6 is 23.1 Å². The van der Waals surface area contributed by atoms with E-state index < -0.39 is 40.8 Å². The summed E-state index contributed by atoms with van der Waals surface area (Å²) in [4.78, 5) is 68.9. The van der Waals surface area contributed by atoms with E-state index in [1.165, 1.54) is 28.1 Å². The molecule has 2 saturated heterocycles. The molecule has 0 saturated carbocycles. The maximum atomic E-state index is 13.2. The van der Waals surface area contributed by atoms with Crippen LogP contribution in [0, 0.1) is 0 Å². The quantitative estimate of drug-likeness (QED) is 0.0607. The molecule has 2 atom stereocenters. The second-order valence-electron chi connectivity index (χ2n) is 9.14. The minimum Gasteiger partial charge on any atom is -0.477 e. The van der Waals surface area contributed by atoms with E-state index in [9.17, 15) is 34.3 Å². The lowest BCUT2D eigenvalue weighted by atomic mass is 10.0. The zero-order valence-electron chi connectivity index (χ0n) is 21.1. The predicted octanol–water partition coefficient (Wildman–Crippen LogP) is -1.22. The van der Waals surface area contributed by atoms with Crippen LogP contribution in [0.25, 0.3) is 0 Å². The molecule has 4 amide bonds. The summed E-state index contributed by atoms with van der Waals surface area (Å²) in [6.45, 7) is 0.289. The Morgan fingerprint density at radius 2 is 2.10 bits per heavy atom. The van der Waals surface area contributed by atoms with E-state index in [4.69, 9.17) is 11.5 Å². The second-order valence-corrected chi connectivity index (χ2v) is 11.1. The molecule has 0 radical (unpaired) electrons. The van der Waals surface area contributed by atoms with Gasteiger partial charge in [0, 0.05) is 29.3 Å². The van der Waals surface area contributed by atoms with Crippen LogP contribution in [-0.4, -0.2) is 79.2 Å². The van der Waals surface area contributed by atoms with Crippen molar-refractivity contribution in [2.45, 2.75) is 24.4 Å². The van der Waals surface area contributed by atoms with Gasteiger partial charge in [0.15, 0.2) is 23.2 Å². The molecule has 2 aromatic heterocycles. The molecule has 2 aromatic rings. The number of aliphatic carboxylic acids is 1. The number of fused-ring (bicyclic) bond motifs is 1. The van der Waals surface area contributed by atoms with E-state index in [2.05, 4.69) is 15.5 Å². The summed E-state index contributed by atoms with van der Waals surface area (Å²) in [6, 6.07) is 2.32. The number of carbonyl (C=O) groups is 5. The topological polar surface area (TPSA) is 225 Å². The number of nitrogens with one attached hydrogen (secondary N) is 1. The Morgan fingerprint density at radius 1 is 1.32 bits per heavy atom. The molecule has 3 aliphatic rings. The number of pyridine rings is 1. The molecule has 0 aromatic carbocycles. The van der Waals surface area contributed by atoms with Gasteiger partial charge in [-0.15, -0.1) is 23.1 Å². The summed E-state index contributed by atoms with van der Waals surface area (Å²) in [5.41, 5.74) is 11.4. The molecule has 0 bridgehead atoms. The van der Waals surface area contributed by atoms with E-state index in [-0.39, 0.29) is 40.3 Å². The van der Waals surface area contributed by atoms with E-state index in [0.29, 0.717) is 24.2 Å². The van der Waals surface area contributed by atoms with Gasteiger partial charge in [0.05, 0.1) is 0 Å². The Hall–Kier alpha value is -4.77. The Bertz CT molecular complexity index is 1580. The first kappa shape index (κ1) is 27.8. The molecule has 17 heteroatoms. The molecule has 2 fully saturated rings. The lowest BCUT2D eigenvalue weighted by molar-refractivity contribution is -0.683. The molecule has 0 spiro atoms. The molecule has 212 valence electrons. The third kappa shape index (κ3) is 5.23. The number of hydrogen-bond donors (Lipinski definition) is 5. The summed E-state index contributed by atoms with van der Waals surface area (Å²) in [6.07, 6.45) is 5.11. The Morgan fingerprint density at radius 3 is 2.76 bits per heavy atom. The number of anilines is 2. The number of carbonyl (C=O) groups excluding carboxylic acids is 4. The number of nitrogens with zero attached hydrogens (tertiary/aromatic N) is 5. The Kier molecular flexibility index (Phi) is 7.46. The van der Waals surface area contributed by atoms with Crippen LogP contribution in [0.1, 0.15) is 12.1 Å². The SMILES string of the molecule is NC(=O)C[n+]1cccc(N2CCC(=CC3=C(C(=O)O)N4C(=O)[C@@H](NC(=O)C(=NO)c5csc(N)n5)[C@H]4SC3)C2=O)c1. The molecule has 7 N–H and O–H groups in total. The fourth-order valence-corrected chi connectivity index (χ4v) is 6.58. The summed E-state index contributed by atoms with van der Waals surface area (Å²) in [7, 11) is 0. The van der Waals surface area contributed by atoms with Crippen LogP contribution in [0.3, 0.4) is 0 Å². The monoisotopic (exact) mass is 599 g/mol. The minimum absolute atomic E-state index is 0.0286. The van der Waals surface area contributed by atoms with Crippen molar-refractivity contribution >= 4 is 69.2 Å². The van der Waals surface area contributed by atoms with Gasteiger partial charge in [0.2, 0.25) is 6.54 Å². The average Bonchev–Trinajstić information content (AvgIpc) is 3.52. The standard InChI is InChI=1S/C24H22N8O7S2/c25-15(33)8-30-4-1-2-13(7-30)31-5-3-11(20(31)35)6-12-9-40-22-17(21(36)32(22)18(12)23(37)38)28-19(34)16(29-39)14-10-41-24(26)27-14/h1-2,4,6-7,10,17,22H,3,5,8-9H2,(H6-,25,26,27,28,33,34,37,38,39)/p+1/t17-,22-/m1/s1. The van der Waals surface area contributed by atoms with Crippen LogP contribution < -0.4 is 26.3 Å². The number of thiazole rings is 1. The number of nitrogen functional groups attached to an aromatic ring is 1. The Balaban J connectivity index is 1.34. The van der Waals surface area contributed by atoms with Crippen molar-refractivity contribution in [2.75, 3.05) is 22.9 Å². The lowest BCUT2D eigenvalue weighted by Crippen LogP contribution is -2.71. The van der Waals surface area contributed by atoms with Gasteiger partial charge in [-0.05, 0) is 24.1 Å². The average molecular weight is 600 g/mol. The number of oxime groups is 1. The van der Waals surface area contributed by atoms with Crippen molar-refractivity contribution < 1.29 is 38.9 Å². The molecule has 3 aliphatic heterocycles. The van der Waals surface area contributed by atoms with E-state index in [0.717, 1.165) is 16.2 Å². The van der Waals surface area contributed by atoms with Gasteiger partial charge in [-0.2, -0.15) is 4.57 Å². The minimum atomic E-state index is -1.35. The van der Waals surface area contributed by atoms with Crippen LogP contribution in [0.2, 0.25) is 0 Å². The molecular formula is C24H23N8O7S2+. The van der Waals surface area contributed by atoms with Gasteiger partial charge in [-0.25, -0.2) is 9.78 Å². The number of β-lactam (4-membered cyclic amide) rings is 1. The van der Waals surface area contributed by atoms with Crippen molar-refractivity contribution in [3.05, 3.63) is 58.5 Å². The number of aromatic nitrogens is 2. The van der Waals surface area contributed by atoms with Gasteiger partial charge in [0.25, 0.3) is 23.6 Å². The number of nitrogens with two attached hydrogens (primary N) is 2. The van der Waals surface area contributed by atoms with Gasteiger partial charge in [-0.3, -0.25) is 24.1 Å². The zero-order chi connectivity index (χ0) is 29.4. The summed E-state index contributed by atoms with van der Waals surface area (Å²) in [5, 5.41) is 25.6. The smallest absolute Gasteiger partial charge is 0.352 e. The first-order chi connectivity index (χ1) is 19.6. The second kappa shape index (κ2) is 11.0. The first-order valence-corrected chi connectivity index (χ1v) is 14.0. The molecule has 5 heterocycles. The number of carboxylic acid groups (broad SMARTS) is 1. The highest BCUT2D eigenvalue weighted by Gasteiger charge is 2.54. The molecule has 5 rings (SSSR count). The molecular weight excluding hydrogens is 576 g/mol. The number of rotatable bonds is 8. The van der Waals surface area contributed by atoms with Crippen LogP contribution in [0.4, 0.5) is 10.8 Å². The van der Waals surface area contributed by atoms with Crippen molar-refractivity contribution in [2.24, 2.45) is 10.9 Å². The zero-order valence-corrected chi connectivity index (χ0v) is 22.7. The fourth-order valence-electron chi connectivity index (χ4n) is 4.72. The van der Waals surface area contributed by atoms with Gasteiger partial charge in [-0.1, -0.05) is 5.16 Å². The highest BCUT2D eigenvalue weighted by Crippen LogP contribution is 2.41. The third-order valence-corrected chi connectivity index (χ3v) is 8.51. The first-order valence-electron chi connectivity index (χ1n) is 12.0. The summed E-state index contributed by atoms with van der Waals surface area (Å²) >= 11 is 2.26. The van der Waals surface area contributed by atoms with Crippen LogP contribution in [-0.2, 0) is 30.5 Å². The normalized spacial score (nSPS) is 21.7. The van der Waals surface area contributed by atoms with Crippen molar-refractivity contribution in [1.29, 1.82) is 0 Å². The van der Waals surface area contributed by atoms with E-state index in [1.54, 1.807) is 29.1 Å². The number of carboxylic acids is 1. The highest BCUT2D eigenvalue weighted by molar-refractivity contribution is 8.00. The van der Waals surface area contributed by atoms with Crippen molar-refractivity contribution in [3.8, 4) is 0 Å². The van der Waals surface area contributed by atoms with Crippen molar-refractivity contribution in [1.82, 2.24) is 15.2 Å². The van der Waals surface area contributed by atoms with Gasteiger partial charge in [0.1, 0.15) is 28.5 Å². The lowest BCUT2D eigenvalue weighted by Gasteiger charge is -2.49. The molecule has 0 aliphatic carbocycles. The Labute approximate surface area is 239 Å². The van der Waals surface area contributed by atoms with Crippen LogP contribution in [0.15, 0.2) is 58.0 Å². The number of allylic oxidation sites excluding steroid dienone is 1. The maximum Gasteiger partial charge on any atom is 0.352 e. The molecule has 0 unspecified atom stereocenters. The largest absolute Gasteiger partial charge is 0.477 e. The van der Waals surface area contributed by atoms with E-state index >= 15 is 0 Å². The fraction of sp³-hybridized carbons (Fsp3) is 0.250. The number of amides is 4. The number of hydrogen-bond acceptors (Lipinski definition) is 11. The third-order valence-electron chi connectivity index (χ3n) is 6.53. The predicted molar refractivity (Wildman–Crippen MR) is 145 cm³/mol. The molecule has 15 nitrogen and oxygen atoms in total. The highest BCUT2D eigenvalue weighted by atomic mass is 32.2. The van der Waals surface area contributed by atoms with Crippen molar-refractivity contribution in [3.63, 3.8) is 0 Å². The molecule has 41 heavy (non-hydrogen) atoms. The summed E-state index contributed by atoms with van der Waals surface area (Å²) < 4.78 is 1.56. The number of thioether (sulfide) groups is 1. The van der Waals surface area contributed by atoms with Gasteiger partial charge < -0.3 is 32.0 Å². The number of primary amides is 1. The maximum absolute atomic E-state index is 13.2. The summed E-state index contributed by atoms with van der Waals surface area (Å²) in [5.74, 6) is -3.59.